The monoisotopic (exact) mass is 349 g/mol. The highest BCUT2D eigenvalue weighted by Gasteiger charge is 2.25. The molecule has 116 valence electrons. The molecule has 0 radical (unpaired) electrons. The topological polar surface area (TPSA) is 86.5 Å². The van der Waals surface area contributed by atoms with E-state index in [0.29, 0.717) is 0 Å². The Morgan fingerprint density at radius 1 is 1.18 bits per heavy atom. The van der Waals surface area contributed by atoms with Crippen molar-refractivity contribution in [1.82, 2.24) is 0 Å². The third-order valence-corrected chi connectivity index (χ3v) is 4.06. The van der Waals surface area contributed by atoms with Crippen LogP contribution in [0.3, 0.4) is 0 Å². The number of non-ortho nitro benzene ring substituents is 1. The van der Waals surface area contributed by atoms with Gasteiger partial charge in [0.1, 0.15) is 4.90 Å². The SMILES string of the molecule is O=[N+]([O-])c1ccc(OS(=O)(=O)c2cccc(F)c2F)c(Cl)c1. The van der Waals surface area contributed by atoms with Crippen LogP contribution < -0.4 is 4.18 Å². The van der Waals surface area contributed by atoms with Gasteiger partial charge in [-0.2, -0.15) is 8.42 Å². The molecule has 0 N–H and O–H groups in total. The summed E-state index contributed by atoms with van der Waals surface area (Å²) in [6.07, 6.45) is 0. The van der Waals surface area contributed by atoms with Gasteiger partial charge in [0.2, 0.25) is 0 Å². The van der Waals surface area contributed by atoms with E-state index in [0.717, 1.165) is 36.4 Å². The highest BCUT2D eigenvalue weighted by atomic mass is 35.5. The van der Waals surface area contributed by atoms with E-state index in [1.165, 1.54) is 0 Å². The maximum atomic E-state index is 13.5. The smallest absolute Gasteiger partial charge is 0.342 e. The molecule has 2 aromatic rings. The summed E-state index contributed by atoms with van der Waals surface area (Å²) in [7, 11) is -4.69. The van der Waals surface area contributed by atoms with Gasteiger partial charge < -0.3 is 4.18 Å². The van der Waals surface area contributed by atoms with Gasteiger partial charge in [0.05, 0.1) is 9.95 Å². The van der Waals surface area contributed by atoms with Crippen LogP contribution in [0, 0.1) is 21.7 Å². The summed E-state index contributed by atoms with van der Waals surface area (Å²) in [6.45, 7) is 0. The van der Waals surface area contributed by atoms with Crippen LogP contribution in [0.2, 0.25) is 5.02 Å². The Balaban J connectivity index is 2.41. The van der Waals surface area contributed by atoms with Gasteiger partial charge in [0.25, 0.3) is 5.69 Å². The molecule has 0 bridgehead atoms. The van der Waals surface area contributed by atoms with Crippen molar-refractivity contribution in [3.63, 3.8) is 0 Å². The van der Waals surface area contributed by atoms with E-state index in [2.05, 4.69) is 4.18 Å². The van der Waals surface area contributed by atoms with E-state index in [9.17, 15) is 27.3 Å². The van der Waals surface area contributed by atoms with Crippen LogP contribution in [-0.4, -0.2) is 13.3 Å². The molecule has 0 amide bonds. The first kappa shape index (κ1) is 16.1. The fraction of sp³-hybridized carbons (Fsp3) is 0. The van der Waals surface area contributed by atoms with Crippen molar-refractivity contribution in [2.75, 3.05) is 0 Å². The van der Waals surface area contributed by atoms with Crippen LogP contribution >= 0.6 is 11.6 Å². The second-order valence-electron chi connectivity index (χ2n) is 3.96. The molecule has 10 heteroatoms. The van der Waals surface area contributed by atoms with E-state index >= 15 is 0 Å². The number of nitro benzene ring substituents is 1. The van der Waals surface area contributed by atoms with E-state index in [1.54, 1.807) is 0 Å². The van der Waals surface area contributed by atoms with Gasteiger partial charge in [0, 0.05) is 12.1 Å². The maximum Gasteiger partial charge on any atom is 0.342 e. The number of nitro groups is 1. The zero-order chi connectivity index (χ0) is 16.5. The maximum absolute atomic E-state index is 13.5. The summed E-state index contributed by atoms with van der Waals surface area (Å²) in [6, 6.07) is 5.31. The molecule has 2 rings (SSSR count). The van der Waals surface area contributed by atoms with Crippen LogP contribution in [0.15, 0.2) is 41.3 Å². The molecule has 0 aliphatic heterocycles. The molecule has 22 heavy (non-hydrogen) atoms. The molecule has 0 spiro atoms. The number of nitrogens with zero attached hydrogens (tertiary/aromatic N) is 1. The molecule has 0 aromatic heterocycles. The predicted octanol–water partition coefficient (Wildman–Crippen LogP) is 3.29. The Bertz CT molecular complexity index is 857. The second kappa shape index (κ2) is 5.85. The third kappa shape index (κ3) is 3.15. The summed E-state index contributed by atoms with van der Waals surface area (Å²) >= 11 is 5.68. The fourth-order valence-corrected chi connectivity index (χ4v) is 2.80. The molecule has 6 nitrogen and oxygen atoms in total. The standard InChI is InChI=1S/C12H6ClF2NO5S/c13-8-6-7(16(17)18)4-5-10(8)21-22(19,20)11-3-1-2-9(14)12(11)15/h1-6H. The Hall–Kier alpha value is -2.26. The average Bonchev–Trinajstić information content (AvgIpc) is 2.43. The predicted molar refractivity (Wildman–Crippen MR) is 72.3 cm³/mol. The Morgan fingerprint density at radius 2 is 1.86 bits per heavy atom. The van der Waals surface area contributed by atoms with Crippen LogP contribution in [0.25, 0.3) is 0 Å². The number of rotatable bonds is 4. The van der Waals surface area contributed by atoms with Crippen LogP contribution in [0.4, 0.5) is 14.5 Å². The quantitative estimate of drug-likeness (QED) is 0.480. The molecule has 0 aliphatic carbocycles. The molecule has 0 atom stereocenters. The first-order chi connectivity index (χ1) is 10.2. The number of benzene rings is 2. The normalized spacial score (nSPS) is 11.2. The lowest BCUT2D eigenvalue weighted by Gasteiger charge is -2.09. The van der Waals surface area contributed by atoms with Crippen molar-refractivity contribution in [3.8, 4) is 5.75 Å². The summed E-state index contributed by atoms with van der Waals surface area (Å²) in [5.74, 6) is -3.41. The van der Waals surface area contributed by atoms with Gasteiger partial charge >= 0.3 is 10.1 Å². The minimum atomic E-state index is -4.69. The minimum absolute atomic E-state index is 0.366. The van der Waals surface area contributed by atoms with E-state index in [-0.39, 0.29) is 10.7 Å². The molecule has 0 fully saturated rings. The van der Waals surface area contributed by atoms with Gasteiger partial charge in [-0.05, 0) is 18.2 Å². The van der Waals surface area contributed by atoms with Crippen molar-refractivity contribution < 1.29 is 26.3 Å². The summed E-state index contributed by atoms with van der Waals surface area (Å²) in [5, 5.41) is 10.2. The largest absolute Gasteiger partial charge is 0.377 e. The van der Waals surface area contributed by atoms with E-state index in [1.807, 2.05) is 0 Å². The van der Waals surface area contributed by atoms with Crippen molar-refractivity contribution >= 4 is 27.4 Å². The third-order valence-electron chi connectivity index (χ3n) is 2.51. The molecular formula is C12H6ClF2NO5S. The lowest BCUT2D eigenvalue weighted by molar-refractivity contribution is -0.384. The van der Waals surface area contributed by atoms with Crippen LogP contribution in [-0.2, 0) is 10.1 Å². The molecule has 0 heterocycles. The Kier molecular flexibility index (Phi) is 4.29. The molecule has 0 unspecified atom stereocenters. The number of hydrogen-bond acceptors (Lipinski definition) is 5. The highest BCUT2D eigenvalue weighted by Crippen LogP contribution is 2.31. The number of halogens is 3. The minimum Gasteiger partial charge on any atom is -0.377 e. The Morgan fingerprint density at radius 3 is 2.45 bits per heavy atom. The Labute approximate surface area is 128 Å². The van der Waals surface area contributed by atoms with Gasteiger partial charge in [-0.1, -0.05) is 17.7 Å². The highest BCUT2D eigenvalue weighted by molar-refractivity contribution is 7.87. The van der Waals surface area contributed by atoms with Crippen molar-refractivity contribution in [2.24, 2.45) is 0 Å². The zero-order valence-corrected chi connectivity index (χ0v) is 12.1. The number of hydrogen-bond donors (Lipinski definition) is 0. The van der Waals surface area contributed by atoms with E-state index < -0.39 is 37.3 Å². The molecule has 0 saturated carbocycles. The fourth-order valence-electron chi connectivity index (χ4n) is 1.51. The second-order valence-corrected chi connectivity index (χ2v) is 5.88. The molecule has 2 aromatic carbocycles. The lowest BCUT2D eigenvalue weighted by Crippen LogP contribution is -2.12. The summed E-state index contributed by atoms with van der Waals surface area (Å²) in [5.41, 5.74) is -0.383. The summed E-state index contributed by atoms with van der Waals surface area (Å²) < 4.78 is 55.0. The van der Waals surface area contributed by atoms with Crippen LogP contribution in [0.5, 0.6) is 5.75 Å². The molecular weight excluding hydrogens is 344 g/mol. The lowest BCUT2D eigenvalue weighted by atomic mass is 10.3. The molecule has 0 saturated heterocycles. The van der Waals surface area contributed by atoms with Crippen molar-refractivity contribution in [3.05, 3.63) is 63.2 Å². The van der Waals surface area contributed by atoms with Gasteiger partial charge in [-0.15, -0.1) is 0 Å². The first-order valence-corrected chi connectivity index (χ1v) is 7.33. The first-order valence-electron chi connectivity index (χ1n) is 5.55. The van der Waals surface area contributed by atoms with E-state index in [4.69, 9.17) is 11.6 Å². The average molecular weight is 350 g/mol. The zero-order valence-electron chi connectivity index (χ0n) is 10.5. The van der Waals surface area contributed by atoms with Gasteiger partial charge in [-0.25, -0.2) is 8.78 Å². The van der Waals surface area contributed by atoms with Crippen molar-refractivity contribution in [1.29, 1.82) is 0 Å². The summed E-state index contributed by atoms with van der Waals surface area (Å²) in [4.78, 5) is 8.80. The van der Waals surface area contributed by atoms with Crippen molar-refractivity contribution in [2.45, 2.75) is 4.90 Å². The van der Waals surface area contributed by atoms with Gasteiger partial charge in [0.15, 0.2) is 17.4 Å². The van der Waals surface area contributed by atoms with Crippen LogP contribution in [0.1, 0.15) is 0 Å². The molecule has 0 aliphatic rings. The van der Waals surface area contributed by atoms with Gasteiger partial charge in [-0.3, -0.25) is 10.1 Å².